The lowest BCUT2D eigenvalue weighted by Crippen LogP contribution is -2.37. The molecule has 0 radical (unpaired) electrons. The molecular formula is C37H38ClN3O6. The summed E-state index contributed by atoms with van der Waals surface area (Å²) in [6.07, 6.45) is 5.87. The van der Waals surface area contributed by atoms with Crippen molar-refractivity contribution >= 4 is 40.1 Å². The molecule has 244 valence electrons. The van der Waals surface area contributed by atoms with Crippen LogP contribution >= 0.6 is 11.6 Å². The summed E-state index contributed by atoms with van der Waals surface area (Å²) in [4.78, 5) is 43.2. The van der Waals surface area contributed by atoms with Crippen LogP contribution in [0.15, 0.2) is 87.6 Å². The number of ether oxygens (including phenoxy) is 2. The maximum Gasteiger partial charge on any atom is 0.287 e. The topological polar surface area (TPSA) is 101 Å². The Kier molecular flexibility index (Phi) is 9.82. The third-order valence-corrected chi connectivity index (χ3v) is 9.10. The van der Waals surface area contributed by atoms with Gasteiger partial charge in [0.2, 0.25) is 5.91 Å². The van der Waals surface area contributed by atoms with Crippen molar-refractivity contribution in [2.45, 2.75) is 44.7 Å². The molecule has 1 N–H and O–H groups in total. The van der Waals surface area contributed by atoms with Gasteiger partial charge < -0.3 is 29.0 Å². The average Bonchev–Trinajstić information content (AvgIpc) is 3.49. The van der Waals surface area contributed by atoms with Crippen LogP contribution in [0, 0.1) is 0 Å². The van der Waals surface area contributed by atoms with E-state index in [9.17, 15) is 14.4 Å². The number of rotatable bonds is 10. The van der Waals surface area contributed by atoms with Crippen LogP contribution in [0.4, 0.5) is 5.69 Å². The Bertz CT molecular complexity index is 1860. The molecule has 1 aromatic heterocycles. The fourth-order valence-corrected chi connectivity index (χ4v) is 6.50. The van der Waals surface area contributed by atoms with Crippen molar-refractivity contribution in [1.82, 2.24) is 10.2 Å². The Hall–Kier alpha value is -4.76. The first-order valence-corrected chi connectivity index (χ1v) is 16.2. The number of carbonyl (C=O) groups excluding carboxylic acids is 2. The quantitative estimate of drug-likeness (QED) is 0.204. The van der Waals surface area contributed by atoms with Crippen LogP contribution in [0.2, 0.25) is 5.02 Å². The summed E-state index contributed by atoms with van der Waals surface area (Å²) in [6.45, 7) is 3.09. The molecule has 2 amide bonds. The second kappa shape index (κ2) is 14.3. The molecule has 2 aliphatic rings. The van der Waals surface area contributed by atoms with Gasteiger partial charge in [-0.3, -0.25) is 14.4 Å². The standard InChI is InChI=1S/C37H38ClN3O6/c1-45-33-20-29-31(42)21-35(47-32(29)22-34(33)46-2)37(44)39-28(18-24-9-11-27(38)12-10-24)19-25-13-16-40(17-14-25)30-7-4-3-6-26(30)23-41-15-5-8-36(41)43/h3-4,6-7,9-12,19-22,28H,5,8,13-18,23H2,1-2H3,(H,39,44)/t28-/m0/s1. The van der Waals surface area contributed by atoms with Crippen LogP contribution in [0.25, 0.3) is 11.0 Å². The molecule has 0 spiro atoms. The van der Waals surface area contributed by atoms with Crippen molar-refractivity contribution < 1.29 is 23.5 Å². The molecule has 0 saturated carbocycles. The Morgan fingerprint density at radius 3 is 2.38 bits per heavy atom. The minimum Gasteiger partial charge on any atom is -0.493 e. The summed E-state index contributed by atoms with van der Waals surface area (Å²) in [7, 11) is 2.98. The number of fused-ring (bicyclic) bond motifs is 1. The van der Waals surface area contributed by atoms with E-state index in [1.165, 1.54) is 25.9 Å². The molecule has 0 aliphatic carbocycles. The lowest BCUT2D eigenvalue weighted by molar-refractivity contribution is -0.128. The molecule has 3 heterocycles. The van der Waals surface area contributed by atoms with E-state index in [-0.39, 0.29) is 28.7 Å². The van der Waals surface area contributed by atoms with Gasteiger partial charge in [0.05, 0.1) is 25.6 Å². The molecule has 10 heteroatoms. The number of carbonyl (C=O) groups is 2. The van der Waals surface area contributed by atoms with Gasteiger partial charge in [-0.25, -0.2) is 0 Å². The first-order valence-electron chi connectivity index (χ1n) is 15.9. The maximum absolute atomic E-state index is 13.6. The number of nitrogens with one attached hydrogen (secondary N) is 1. The van der Waals surface area contributed by atoms with Crippen LogP contribution in [0.5, 0.6) is 11.5 Å². The number of piperidine rings is 1. The minimum atomic E-state index is -0.488. The lowest BCUT2D eigenvalue weighted by atomic mass is 9.97. The highest BCUT2D eigenvalue weighted by Gasteiger charge is 2.24. The second-order valence-corrected chi connectivity index (χ2v) is 12.4. The van der Waals surface area contributed by atoms with Crippen LogP contribution in [-0.2, 0) is 17.8 Å². The van der Waals surface area contributed by atoms with Crippen LogP contribution in [0.3, 0.4) is 0 Å². The third-order valence-electron chi connectivity index (χ3n) is 8.85. The van der Waals surface area contributed by atoms with Crippen molar-refractivity contribution in [2.75, 3.05) is 38.8 Å². The van der Waals surface area contributed by atoms with Crippen LogP contribution in [-0.4, -0.2) is 56.6 Å². The Morgan fingerprint density at radius 1 is 0.957 bits per heavy atom. The van der Waals surface area contributed by atoms with Crippen molar-refractivity contribution in [1.29, 1.82) is 0 Å². The number of benzene rings is 3. The number of halogens is 1. The predicted octanol–water partition coefficient (Wildman–Crippen LogP) is 6.15. The molecule has 0 bridgehead atoms. The molecule has 0 unspecified atom stereocenters. The van der Waals surface area contributed by atoms with Gasteiger partial charge in [-0.1, -0.05) is 53.6 Å². The lowest BCUT2D eigenvalue weighted by Gasteiger charge is -2.33. The average molecular weight is 656 g/mol. The summed E-state index contributed by atoms with van der Waals surface area (Å²) >= 11 is 6.14. The summed E-state index contributed by atoms with van der Waals surface area (Å²) in [5.41, 5.74) is 4.45. The van der Waals surface area contributed by atoms with Gasteiger partial charge in [-0.2, -0.15) is 0 Å². The van der Waals surface area contributed by atoms with E-state index >= 15 is 0 Å². The van der Waals surface area contributed by atoms with E-state index in [0.29, 0.717) is 41.3 Å². The summed E-state index contributed by atoms with van der Waals surface area (Å²) in [6, 6.07) is 19.8. The van der Waals surface area contributed by atoms with Crippen molar-refractivity contribution in [3.8, 4) is 11.5 Å². The van der Waals surface area contributed by atoms with Gasteiger partial charge in [0.15, 0.2) is 22.7 Å². The van der Waals surface area contributed by atoms with Gasteiger partial charge in [-0.05, 0) is 61.1 Å². The molecule has 2 saturated heterocycles. The van der Waals surface area contributed by atoms with E-state index in [1.807, 2.05) is 41.3 Å². The molecule has 3 aromatic carbocycles. The van der Waals surface area contributed by atoms with E-state index < -0.39 is 5.91 Å². The first kappa shape index (κ1) is 32.2. The molecule has 4 aromatic rings. The first-order chi connectivity index (χ1) is 22.8. The summed E-state index contributed by atoms with van der Waals surface area (Å²) < 4.78 is 16.6. The molecule has 47 heavy (non-hydrogen) atoms. The zero-order valence-electron chi connectivity index (χ0n) is 26.6. The van der Waals surface area contributed by atoms with Gasteiger partial charge in [-0.15, -0.1) is 0 Å². The highest BCUT2D eigenvalue weighted by atomic mass is 35.5. The normalized spacial score (nSPS) is 15.6. The number of methoxy groups -OCH3 is 2. The van der Waals surface area contributed by atoms with E-state index in [4.69, 9.17) is 25.5 Å². The van der Waals surface area contributed by atoms with Crippen LogP contribution in [0.1, 0.15) is 47.4 Å². The molecule has 1 atom stereocenters. The highest BCUT2D eigenvalue weighted by Crippen LogP contribution is 2.32. The van der Waals surface area contributed by atoms with E-state index in [0.717, 1.165) is 55.7 Å². The van der Waals surface area contributed by atoms with Gasteiger partial charge >= 0.3 is 0 Å². The molecule has 6 rings (SSSR count). The number of likely N-dealkylation sites (tertiary alicyclic amines) is 1. The number of nitrogens with zero attached hydrogens (tertiary/aromatic N) is 2. The minimum absolute atomic E-state index is 0.0860. The summed E-state index contributed by atoms with van der Waals surface area (Å²) in [5, 5.41) is 4.02. The number of hydrogen-bond acceptors (Lipinski definition) is 7. The zero-order chi connectivity index (χ0) is 32.9. The smallest absolute Gasteiger partial charge is 0.287 e. The predicted molar refractivity (Wildman–Crippen MR) is 183 cm³/mol. The fraction of sp³-hybridized carbons (Fsp3) is 0.324. The second-order valence-electron chi connectivity index (χ2n) is 11.9. The SMILES string of the molecule is COc1cc2oc(C(=O)N[C@H](C=C3CCN(c4ccccc4CN4CCCC4=O)CC3)Cc3ccc(Cl)cc3)cc(=O)c2cc1OC. The van der Waals surface area contributed by atoms with Gasteiger partial charge in [0, 0.05) is 55.4 Å². The third kappa shape index (κ3) is 7.46. The number of amides is 2. The Balaban J connectivity index is 1.21. The van der Waals surface area contributed by atoms with E-state index in [1.54, 1.807) is 12.1 Å². The van der Waals surface area contributed by atoms with Gasteiger partial charge in [0.1, 0.15) is 5.58 Å². The molecular weight excluding hydrogens is 618 g/mol. The summed E-state index contributed by atoms with van der Waals surface area (Å²) in [5.74, 6) is 0.440. The number of hydrogen-bond donors (Lipinski definition) is 1. The maximum atomic E-state index is 13.6. The highest BCUT2D eigenvalue weighted by molar-refractivity contribution is 6.30. The number of anilines is 1. The number of para-hydroxylation sites is 1. The fourth-order valence-electron chi connectivity index (χ4n) is 6.38. The van der Waals surface area contributed by atoms with Crippen LogP contribution < -0.4 is 25.1 Å². The molecule has 9 nitrogen and oxygen atoms in total. The van der Waals surface area contributed by atoms with E-state index in [2.05, 4.69) is 28.4 Å². The largest absolute Gasteiger partial charge is 0.493 e. The van der Waals surface area contributed by atoms with Crippen molar-refractivity contribution in [3.05, 3.63) is 111 Å². The van der Waals surface area contributed by atoms with Crippen molar-refractivity contribution in [2.24, 2.45) is 0 Å². The molecule has 2 fully saturated rings. The monoisotopic (exact) mass is 655 g/mol. The Labute approximate surface area is 278 Å². The van der Waals surface area contributed by atoms with Gasteiger partial charge in [0.25, 0.3) is 5.91 Å². The Morgan fingerprint density at radius 2 is 1.68 bits per heavy atom. The molecule has 2 aliphatic heterocycles. The zero-order valence-corrected chi connectivity index (χ0v) is 27.3. The van der Waals surface area contributed by atoms with Crippen molar-refractivity contribution in [3.63, 3.8) is 0 Å².